The molecular weight excluding hydrogens is 446 g/mol. The molecule has 34 heavy (non-hydrogen) atoms. The van der Waals surface area contributed by atoms with Crippen LogP contribution in [0.25, 0.3) is 0 Å². The molecule has 0 bridgehead atoms. The molecule has 0 spiro atoms. The van der Waals surface area contributed by atoms with Gasteiger partial charge in [-0.25, -0.2) is 0 Å². The monoisotopic (exact) mass is 485 g/mol. The molecule has 2 fully saturated rings. The number of fused-ring (bicyclic) bond motifs is 1. The molecule has 0 aromatic heterocycles. The van der Waals surface area contributed by atoms with Crippen LogP contribution in [0.1, 0.15) is 48.4 Å². The minimum Gasteiger partial charge on any atom is -0.495 e. The number of anilines is 1. The Bertz CT molecular complexity index is 980. The number of rotatable bonds is 8. The van der Waals surface area contributed by atoms with Gasteiger partial charge in [-0.15, -0.1) is 0 Å². The van der Waals surface area contributed by atoms with E-state index in [0.717, 1.165) is 50.7 Å². The van der Waals surface area contributed by atoms with E-state index in [-0.39, 0.29) is 0 Å². The lowest BCUT2D eigenvalue weighted by Gasteiger charge is -2.49. The van der Waals surface area contributed by atoms with Gasteiger partial charge in [0, 0.05) is 50.0 Å². The lowest BCUT2D eigenvalue weighted by Crippen LogP contribution is -2.56. The topological polar surface area (TPSA) is 28.2 Å². The van der Waals surface area contributed by atoms with E-state index in [0.29, 0.717) is 17.1 Å². The van der Waals surface area contributed by atoms with Crippen molar-refractivity contribution in [2.45, 2.75) is 51.6 Å². The van der Waals surface area contributed by atoms with Gasteiger partial charge < -0.3 is 19.3 Å². The zero-order valence-corrected chi connectivity index (χ0v) is 22.2. The average molecular weight is 486 g/mol. The second-order valence-corrected chi connectivity index (χ2v) is 10.4. The number of piperazine rings is 1. The Morgan fingerprint density at radius 2 is 1.85 bits per heavy atom. The van der Waals surface area contributed by atoms with E-state index in [2.05, 4.69) is 66.9 Å². The third-order valence-corrected chi connectivity index (χ3v) is 7.90. The number of hydrogen-bond acceptors (Lipinski definition) is 5. The fourth-order valence-electron chi connectivity index (χ4n) is 5.56. The first-order valence-corrected chi connectivity index (χ1v) is 13.0. The first-order valence-electron chi connectivity index (χ1n) is 12.6. The molecule has 5 nitrogen and oxygen atoms in total. The molecule has 2 aromatic carbocycles. The van der Waals surface area contributed by atoms with Crippen molar-refractivity contribution < 1.29 is 9.47 Å². The molecule has 0 N–H and O–H groups in total. The van der Waals surface area contributed by atoms with Gasteiger partial charge in [-0.2, -0.15) is 0 Å². The molecule has 0 unspecified atom stereocenters. The van der Waals surface area contributed by atoms with Gasteiger partial charge in [-0.1, -0.05) is 17.7 Å². The SMILES string of the molecule is COc1cc(N2CCN3[C@@H](CCC[C@@H]3c3ccc(OCCCN(C)C)c(C)c3C)C2)ccc1Cl. The van der Waals surface area contributed by atoms with E-state index in [1.165, 1.54) is 41.6 Å². The first kappa shape index (κ1) is 25.2. The summed E-state index contributed by atoms with van der Waals surface area (Å²) in [5, 5.41) is 0.665. The van der Waals surface area contributed by atoms with Gasteiger partial charge in [0.2, 0.25) is 0 Å². The number of benzene rings is 2. The van der Waals surface area contributed by atoms with Gasteiger partial charge in [-0.05, 0) is 88.5 Å². The molecule has 0 aliphatic carbocycles. The first-order chi connectivity index (χ1) is 16.4. The van der Waals surface area contributed by atoms with Crippen LogP contribution in [-0.4, -0.2) is 69.8 Å². The summed E-state index contributed by atoms with van der Waals surface area (Å²) in [5.41, 5.74) is 5.35. The highest BCUT2D eigenvalue weighted by atomic mass is 35.5. The average Bonchev–Trinajstić information content (AvgIpc) is 2.84. The van der Waals surface area contributed by atoms with Crippen molar-refractivity contribution in [2.24, 2.45) is 0 Å². The minimum absolute atomic E-state index is 0.488. The summed E-state index contributed by atoms with van der Waals surface area (Å²) >= 11 is 6.26. The molecule has 2 aliphatic rings. The zero-order valence-electron chi connectivity index (χ0n) is 21.4. The number of nitrogens with zero attached hydrogens (tertiary/aromatic N) is 3. The van der Waals surface area contributed by atoms with Gasteiger partial charge in [0.05, 0.1) is 18.7 Å². The van der Waals surface area contributed by atoms with E-state index in [1.54, 1.807) is 7.11 Å². The molecular formula is C28H40ClN3O2. The van der Waals surface area contributed by atoms with Crippen LogP contribution in [0.2, 0.25) is 5.02 Å². The van der Waals surface area contributed by atoms with Crippen LogP contribution in [-0.2, 0) is 0 Å². The predicted molar refractivity (Wildman–Crippen MR) is 142 cm³/mol. The Kier molecular flexibility index (Phi) is 8.28. The maximum atomic E-state index is 6.26. The van der Waals surface area contributed by atoms with Gasteiger partial charge in [0.1, 0.15) is 11.5 Å². The van der Waals surface area contributed by atoms with Crippen molar-refractivity contribution in [3.05, 3.63) is 52.0 Å². The number of hydrogen-bond donors (Lipinski definition) is 0. The summed E-state index contributed by atoms with van der Waals surface area (Å²) in [7, 11) is 5.89. The molecule has 2 heterocycles. The molecule has 0 radical (unpaired) electrons. The lowest BCUT2D eigenvalue weighted by atomic mass is 9.86. The van der Waals surface area contributed by atoms with Crippen LogP contribution in [0.3, 0.4) is 0 Å². The molecule has 2 saturated heterocycles. The van der Waals surface area contributed by atoms with Crippen LogP contribution in [0, 0.1) is 13.8 Å². The molecule has 0 amide bonds. The third-order valence-electron chi connectivity index (χ3n) is 7.59. The fourth-order valence-corrected chi connectivity index (χ4v) is 5.75. The van der Waals surface area contributed by atoms with Crippen molar-refractivity contribution in [2.75, 3.05) is 58.9 Å². The summed E-state index contributed by atoms with van der Waals surface area (Å²) in [6.45, 7) is 9.44. The largest absolute Gasteiger partial charge is 0.495 e. The van der Waals surface area contributed by atoms with E-state index in [9.17, 15) is 0 Å². The Morgan fingerprint density at radius 1 is 1.03 bits per heavy atom. The van der Waals surface area contributed by atoms with Crippen molar-refractivity contribution in [1.29, 1.82) is 0 Å². The van der Waals surface area contributed by atoms with E-state index in [4.69, 9.17) is 21.1 Å². The fraction of sp³-hybridized carbons (Fsp3) is 0.571. The number of piperidine rings is 1. The Labute approximate surface area is 210 Å². The van der Waals surface area contributed by atoms with Crippen LogP contribution in [0.4, 0.5) is 5.69 Å². The third kappa shape index (κ3) is 5.48. The van der Waals surface area contributed by atoms with Crippen molar-refractivity contribution in [3.8, 4) is 11.5 Å². The summed E-state index contributed by atoms with van der Waals surface area (Å²) in [6.07, 6.45) is 4.80. The normalized spacial score (nSPS) is 21.0. The van der Waals surface area contributed by atoms with E-state index >= 15 is 0 Å². The molecule has 2 aromatic rings. The van der Waals surface area contributed by atoms with Gasteiger partial charge in [0.25, 0.3) is 0 Å². The molecule has 6 heteroatoms. The molecule has 0 saturated carbocycles. The van der Waals surface area contributed by atoms with E-state index in [1.807, 2.05) is 6.07 Å². The minimum atomic E-state index is 0.488. The van der Waals surface area contributed by atoms with Crippen LogP contribution in [0.15, 0.2) is 30.3 Å². The summed E-state index contributed by atoms with van der Waals surface area (Å²) in [6, 6.07) is 11.7. The van der Waals surface area contributed by atoms with Gasteiger partial charge in [0.15, 0.2) is 0 Å². The van der Waals surface area contributed by atoms with Crippen molar-refractivity contribution >= 4 is 17.3 Å². The number of halogens is 1. The van der Waals surface area contributed by atoms with Crippen LogP contribution in [0.5, 0.6) is 11.5 Å². The molecule has 186 valence electrons. The number of methoxy groups -OCH3 is 1. The second kappa shape index (κ2) is 11.2. The van der Waals surface area contributed by atoms with Gasteiger partial charge in [-0.3, -0.25) is 4.90 Å². The van der Waals surface area contributed by atoms with Gasteiger partial charge >= 0.3 is 0 Å². The van der Waals surface area contributed by atoms with Crippen molar-refractivity contribution in [1.82, 2.24) is 9.80 Å². The van der Waals surface area contributed by atoms with E-state index < -0.39 is 0 Å². The Balaban J connectivity index is 1.45. The smallest absolute Gasteiger partial charge is 0.139 e. The zero-order chi connectivity index (χ0) is 24.2. The molecule has 2 atom stereocenters. The highest BCUT2D eigenvalue weighted by molar-refractivity contribution is 6.32. The molecule has 4 rings (SSSR count). The van der Waals surface area contributed by atoms with Crippen LogP contribution >= 0.6 is 11.6 Å². The lowest BCUT2D eigenvalue weighted by molar-refractivity contribution is 0.0712. The van der Waals surface area contributed by atoms with Crippen molar-refractivity contribution in [3.63, 3.8) is 0 Å². The summed E-state index contributed by atoms with van der Waals surface area (Å²) in [4.78, 5) is 7.45. The maximum Gasteiger partial charge on any atom is 0.139 e. The van der Waals surface area contributed by atoms with Crippen LogP contribution < -0.4 is 14.4 Å². The summed E-state index contributed by atoms with van der Waals surface area (Å²) < 4.78 is 11.6. The quantitative estimate of drug-likeness (QED) is 0.446. The standard InChI is InChI=1S/C28H40ClN3O2/c1-20-21(2)27(34-17-7-14-30(3)4)13-11-24(20)26-9-6-8-23-19-31(15-16-32(23)26)22-10-12-25(29)28(18-22)33-5/h10-13,18,23,26H,6-9,14-17,19H2,1-5H3/t23-,26+/m0/s1. The second-order valence-electron chi connectivity index (χ2n) is 10.0. The Hall–Kier alpha value is -1.95. The Morgan fingerprint density at radius 3 is 2.62 bits per heavy atom. The predicted octanol–water partition coefficient (Wildman–Crippen LogP) is 5.71. The highest BCUT2D eigenvalue weighted by Gasteiger charge is 2.36. The summed E-state index contributed by atoms with van der Waals surface area (Å²) in [5.74, 6) is 1.78. The highest BCUT2D eigenvalue weighted by Crippen LogP contribution is 2.40. The number of ether oxygens (including phenoxy) is 2. The maximum absolute atomic E-state index is 6.26. The molecule has 2 aliphatic heterocycles.